The summed E-state index contributed by atoms with van der Waals surface area (Å²) in [4.78, 5) is 4.79. The second kappa shape index (κ2) is 17.9. The van der Waals surface area contributed by atoms with Crippen LogP contribution in [0.25, 0.3) is 88.0 Å². The molecule has 0 amide bonds. The molecule has 12 aromatic carbocycles. The molecule has 13 aromatic rings. The molecule has 0 aliphatic carbocycles. The van der Waals surface area contributed by atoms with E-state index in [0.29, 0.717) is 0 Å². The number of benzene rings is 12. The van der Waals surface area contributed by atoms with Crippen molar-refractivity contribution >= 4 is 77.6 Å². The van der Waals surface area contributed by atoms with Crippen molar-refractivity contribution in [1.82, 2.24) is 0 Å². The maximum atomic E-state index is 6.52. The van der Waals surface area contributed by atoms with Crippen LogP contribution in [0.1, 0.15) is 0 Å². The number of anilines is 6. The third-order valence-corrected chi connectivity index (χ3v) is 13.8. The molecular weight excluding hydrogens is 861 g/mol. The summed E-state index contributed by atoms with van der Waals surface area (Å²) in [5, 5.41) is 7.10. The maximum absolute atomic E-state index is 6.52. The Bertz CT molecular complexity index is 4050. The average molecular weight is 907 g/mol. The van der Waals surface area contributed by atoms with Gasteiger partial charge in [-0.15, -0.1) is 0 Å². The fraction of sp³-hybridized carbons (Fsp3) is 0. The molecule has 0 spiro atoms. The third kappa shape index (κ3) is 7.76. The van der Waals surface area contributed by atoms with Gasteiger partial charge in [-0.2, -0.15) is 0 Å². The van der Waals surface area contributed by atoms with Gasteiger partial charge in [-0.3, -0.25) is 0 Å². The van der Waals surface area contributed by atoms with Crippen LogP contribution in [0.2, 0.25) is 0 Å². The fourth-order valence-electron chi connectivity index (χ4n) is 10.4. The molecule has 1 heterocycles. The number of hydrogen-bond donors (Lipinski definition) is 0. The minimum absolute atomic E-state index is 0.848. The maximum Gasteiger partial charge on any atom is 0.137 e. The largest absolute Gasteiger partial charge is 0.456 e. The summed E-state index contributed by atoms with van der Waals surface area (Å²) in [7, 11) is 0. The van der Waals surface area contributed by atoms with Gasteiger partial charge in [0.15, 0.2) is 0 Å². The minimum Gasteiger partial charge on any atom is -0.456 e. The summed E-state index contributed by atoms with van der Waals surface area (Å²) < 4.78 is 6.52. The number of hydrogen-bond acceptors (Lipinski definition) is 3. The lowest BCUT2D eigenvalue weighted by molar-refractivity contribution is 0.669. The first-order chi connectivity index (χ1) is 35.2. The predicted octanol–water partition coefficient (Wildman–Crippen LogP) is 19.5. The Balaban J connectivity index is 0.959. The summed E-state index contributed by atoms with van der Waals surface area (Å²) in [6.45, 7) is 0. The molecular formula is C68H46N2O. The number of nitrogens with zero attached hydrogens (tertiary/aromatic N) is 2. The molecule has 0 radical (unpaired) electrons. The van der Waals surface area contributed by atoms with Crippen LogP contribution in [0.3, 0.4) is 0 Å². The van der Waals surface area contributed by atoms with Gasteiger partial charge in [0.2, 0.25) is 0 Å². The zero-order chi connectivity index (χ0) is 47.1. The zero-order valence-electron chi connectivity index (χ0n) is 38.9. The zero-order valence-corrected chi connectivity index (χ0v) is 38.9. The molecule has 71 heavy (non-hydrogen) atoms. The van der Waals surface area contributed by atoms with Crippen LogP contribution in [-0.4, -0.2) is 0 Å². The van der Waals surface area contributed by atoms with Crippen molar-refractivity contribution in [2.24, 2.45) is 0 Å². The topological polar surface area (TPSA) is 19.6 Å². The van der Waals surface area contributed by atoms with Crippen LogP contribution in [0, 0.1) is 0 Å². The van der Waals surface area contributed by atoms with E-state index in [0.717, 1.165) is 78.3 Å². The molecule has 0 saturated carbocycles. The highest BCUT2D eigenvalue weighted by Crippen LogP contribution is 2.48. The van der Waals surface area contributed by atoms with E-state index in [1.54, 1.807) is 0 Å². The Morgan fingerprint density at radius 2 is 0.746 bits per heavy atom. The highest BCUT2D eigenvalue weighted by Gasteiger charge is 2.23. The average Bonchev–Trinajstić information content (AvgIpc) is 3.84. The second-order valence-corrected chi connectivity index (χ2v) is 18.1. The highest BCUT2D eigenvalue weighted by atomic mass is 16.3. The fourth-order valence-corrected chi connectivity index (χ4v) is 10.4. The predicted molar refractivity (Wildman–Crippen MR) is 300 cm³/mol. The van der Waals surface area contributed by atoms with Crippen molar-refractivity contribution in [2.75, 3.05) is 9.80 Å². The van der Waals surface area contributed by atoms with Crippen molar-refractivity contribution in [1.29, 1.82) is 0 Å². The van der Waals surface area contributed by atoms with Crippen LogP contribution in [0.4, 0.5) is 34.1 Å². The van der Waals surface area contributed by atoms with E-state index in [1.807, 2.05) is 6.07 Å². The van der Waals surface area contributed by atoms with E-state index >= 15 is 0 Å². The summed E-state index contributed by atoms with van der Waals surface area (Å²) in [6, 6.07) is 100. The Morgan fingerprint density at radius 3 is 1.56 bits per heavy atom. The van der Waals surface area contributed by atoms with Crippen molar-refractivity contribution in [2.45, 2.75) is 0 Å². The summed E-state index contributed by atoms with van der Waals surface area (Å²) >= 11 is 0. The third-order valence-electron chi connectivity index (χ3n) is 13.8. The lowest BCUT2D eigenvalue weighted by Crippen LogP contribution is -2.12. The number of furan rings is 1. The molecule has 0 fully saturated rings. The first-order valence-corrected chi connectivity index (χ1v) is 24.2. The molecule has 0 aliphatic heterocycles. The van der Waals surface area contributed by atoms with Crippen LogP contribution < -0.4 is 9.80 Å². The number of rotatable bonds is 10. The molecule has 3 nitrogen and oxygen atoms in total. The second-order valence-electron chi connectivity index (χ2n) is 18.1. The Labute approximate surface area is 413 Å². The van der Waals surface area contributed by atoms with Crippen LogP contribution in [0.5, 0.6) is 0 Å². The summed E-state index contributed by atoms with van der Waals surface area (Å²) in [5.74, 6) is 0. The molecule has 0 aliphatic rings. The van der Waals surface area contributed by atoms with Crippen molar-refractivity contribution < 1.29 is 4.42 Å². The first kappa shape index (κ1) is 41.7. The molecule has 0 N–H and O–H groups in total. The highest BCUT2D eigenvalue weighted by molar-refractivity contribution is 6.14. The number of fused-ring (bicyclic) bond motifs is 5. The molecule has 3 heteroatoms. The van der Waals surface area contributed by atoms with Gasteiger partial charge in [0, 0.05) is 33.7 Å². The van der Waals surface area contributed by atoms with Crippen LogP contribution in [-0.2, 0) is 0 Å². The Kier molecular flexibility index (Phi) is 10.5. The van der Waals surface area contributed by atoms with Gasteiger partial charge >= 0.3 is 0 Å². The summed E-state index contributed by atoms with van der Waals surface area (Å²) in [6.07, 6.45) is 0. The Hall–Kier alpha value is -9.44. The first-order valence-electron chi connectivity index (χ1n) is 24.2. The van der Waals surface area contributed by atoms with Crippen LogP contribution in [0.15, 0.2) is 283 Å². The van der Waals surface area contributed by atoms with Gasteiger partial charge < -0.3 is 14.2 Å². The summed E-state index contributed by atoms with van der Waals surface area (Å²) in [5.41, 5.74) is 17.3. The van der Waals surface area contributed by atoms with E-state index in [2.05, 4.69) is 283 Å². The van der Waals surface area contributed by atoms with Crippen molar-refractivity contribution in [3.05, 3.63) is 279 Å². The van der Waals surface area contributed by atoms with E-state index in [9.17, 15) is 0 Å². The molecule has 0 unspecified atom stereocenters. The molecule has 0 saturated heterocycles. The van der Waals surface area contributed by atoms with Gasteiger partial charge in [-0.1, -0.05) is 200 Å². The van der Waals surface area contributed by atoms with Gasteiger partial charge in [0.1, 0.15) is 11.2 Å². The SMILES string of the molecule is c1ccc(-c2cccc(N(c3ccccc3-c3cccc(N(c4ccc(-c5ccc6ccccc6c5)cc4)c4ccc(-c5cccc6ccccc56)cc4)c3)c3cccc4oc5ccccc5c34)c2)cc1. The molecule has 334 valence electrons. The molecule has 13 rings (SSSR count). The van der Waals surface area contributed by atoms with Crippen molar-refractivity contribution in [3.63, 3.8) is 0 Å². The Morgan fingerprint density at radius 1 is 0.239 bits per heavy atom. The van der Waals surface area contributed by atoms with Gasteiger partial charge in [-0.05, 0) is 139 Å². The normalized spacial score (nSPS) is 11.4. The standard InChI is InChI=1S/C68H46N2O/c1-2-16-47(17-3-1)53-22-12-25-59(45-53)70(65-31-15-33-67-68(65)63-28-9-11-32-66(63)71-67)64-30-10-8-27-62(64)55-23-13-24-58(46-55)69(56-40-36-49(37-41-56)54-35-34-48-18-4-5-20-52(48)44-54)57-42-38-51(39-43-57)61-29-14-21-50-19-6-7-26-60(50)61/h1-46H. The quantitative estimate of drug-likeness (QED) is 0.136. The minimum atomic E-state index is 0.848. The monoisotopic (exact) mass is 906 g/mol. The smallest absolute Gasteiger partial charge is 0.137 e. The molecule has 0 atom stereocenters. The van der Waals surface area contributed by atoms with Gasteiger partial charge in [0.25, 0.3) is 0 Å². The lowest BCUT2D eigenvalue weighted by atomic mass is 9.97. The van der Waals surface area contributed by atoms with E-state index in [4.69, 9.17) is 4.42 Å². The lowest BCUT2D eigenvalue weighted by Gasteiger charge is -2.30. The van der Waals surface area contributed by atoms with Gasteiger partial charge in [-0.25, -0.2) is 0 Å². The van der Waals surface area contributed by atoms with E-state index in [1.165, 1.54) is 43.8 Å². The van der Waals surface area contributed by atoms with E-state index in [-0.39, 0.29) is 0 Å². The molecule has 1 aromatic heterocycles. The molecule has 0 bridgehead atoms. The van der Waals surface area contributed by atoms with Gasteiger partial charge in [0.05, 0.1) is 16.8 Å². The van der Waals surface area contributed by atoms with Crippen molar-refractivity contribution in [3.8, 4) is 44.5 Å². The van der Waals surface area contributed by atoms with Crippen LogP contribution >= 0.6 is 0 Å². The van der Waals surface area contributed by atoms with E-state index < -0.39 is 0 Å². The number of para-hydroxylation sites is 2.